The Balaban J connectivity index is 1.34. The lowest BCUT2D eigenvalue weighted by atomic mass is 9.84. The molecule has 14 nitrogen and oxygen atoms in total. The maximum atomic E-state index is 14.9. The van der Waals surface area contributed by atoms with Crippen LogP contribution in [-0.2, 0) is 29.5 Å². The number of ether oxygens (including phenoxy) is 2. The van der Waals surface area contributed by atoms with E-state index in [1.807, 2.05) is 36.4 Å². The third-order valence-electron chi connectivity index (χ3n) is 10.8. The van der Waals surface area contributed by atoms with Crippen molar-refractivity contribution in [2.75, 3.05) is 32.2 Å². The van der Waals surface area contributed by atoms with Crippen LogP contribution in [0, 0.1) is 5.92 Å². The number of nitrogens with zero attached hydrogens (tertiary/aromatic N) is 4. The van der Waals surface area contributed by atoms with Crippen molar-refractivity contribution in [3.8, 4) is 5.75 Å². The molecule has 51 heavy (non-hydrogen) atoms. The highest BCUT2D eigenvalue weighted by Gasteiger charge is 2.49. The number of hydrogen-bond donors (Lipinski definition) is 4. The van der Waals surface area contributed by atoms with Crippen molar-refractivity contribution in [1.82, 2.24) is 25.2 Å². The average Bonchev–Trinajstić information content (AvgIpc) is 3.80. The summed E-state index contributed by atoms with van der Waals surface area (Å²) in [7, 11) is 1.63. The Morgan fingerprint density at radius 3 is 2.47 bits per heavy atom. The first kappa shape index (κ1) is 36.2. The van der Waals surface area contributed by atoms with Crippen molar-refractivity contribution in [1.29, 1.82) is 0 Å². The van der Waals surface area contributed by atoms with Crippen molar-refractivity contribution < 1.29 is 33.8 Å². The molecule has 5 N–H and O–H groups in total. The van der Waals surface area contributed by atoms with E-state index in [2.05, 4.69) is 20.9 Å². The lowest BCUT2D eigenvalue weighted by molar-refractivity contribution is -0.147. The van der Waals surface area contributed by atoms with E-state index in [-0.39, 0.29) is 44.9 Å². The monoisotopic (exact) mass is 703 g/mol. The lowest BCUT2D eigenvalue weighted by Crippen LogP contribution is -2.63. The number of primary amides is 1. The molecule has 1 aromatic heterocycles. The number of aliphatic hydroxyl groups is 1. The number of anilines is 1. The van der Waals surface area contributed by atoms with Gasteiger partial charge >= 0.3 is 0 Å². The van der Waals surface area contributed by atoms with Crippen LogP contribution in [0.25, 0.3) is 10.8 Å². The highest BCUT2D eigenvalue weighted by molar-refractivity contribution is 6.39. The first-order valence-corrected chi connectivity index (χ1v) is 17.9. The van der Waals surface area contributed by atoms with E-state index in [1.165, 1.54) is 12.6 Å². The standard InChI is InChI=1S/C37H49N7O7/c1-36(2,49)31-21-39-42-44(31)27-20-30(34(47)41-37(32(45)33(38)46)13-15-51-16-14-37)43(22-27)35(48)29(17-23-7-5-4-6-8-23)40-26-11-9-25-19-28(50-3)12-10-24(25)18-26/h9-12,18-19,21,23,27,29-30,40,49H,4-8,13-17,20,22H2,1-3H3,(H2,38,46)(H,41,47)/t27-,29?,30-/m0/s1. The lowest BCUT2D eigenvalue weighted by Gasteiger charge is -2.37. The Kier molecular flexibility index (Phi) is 10.6. The second kappa shape index (κ2) is 15.0. The molecule has 3 heterocycles. The van der Waals surface area contributed by atoms with Gasteiger partial charge in [0, 0.05) is 44.7 Å². The van der Waals surface area contributed by atoms with E-state index in [4.69, 9.17) is 15.2 Å². The molecule has 1 saturated carbocycles. The SMILES string of the molecule is COc1ccc2cc(NC(CC3CCCCC3)C(=O)N3C[C@@H](n4nncc4C(C)(C)O)C[C@H]3C(=O)NC3(C(=O)C(N)=O)CCOCC3)ccc2c1. The molecule has 3 amide bonds. The zero-order valence-electron chi connectivity index (χ0n) is 29.6. The Labute approximate surface area is 297 Å². The summed E-state index contributed by atoms with van der Waals surface area (Å²) in [5.41, 5.74) is 3.84. The molecule has 0 spiro atoms. The number of nitrogens with two attached hydrogens (primary N) is 1. The Morgan fingerprint density at radius 1 is 1.08 bits per heavy atom. The summed E-state index contributed by atoms with van der Waals surface area (Å²) in [6, 6.07) is 9.57. The summed E-state index contributed by atoms with van der Waals surface area (Å²) in [6.07, 6.45) is 7.77. The quantitative estimate of drug-likeness (QED) is 0.204. The number of fused-ring (bicyclic) bond motifs is 1. The highest BCUT2D eigenvalue weighted by Crippen LogP contribution is 2.35. The maximum Gasteiger partial charge on any atom is 0.287 e. The Morgan fingerprint density at radius 2 is 1.78 bits per heavy atom. The summed E-state index contributed by atoms with van der Waals surface area (Å²) in [4.78, 5) is 56.1. The molecule has 14 heteroatoms. The number of Topliss-reactive ketones (excluding diaryl/α,β-unsaturated/α-hetero) is 1. The molecule has 3 aromatic rings. The second-order valence-corrected chi connectivity index (χ2v) is 14.8. The van der Waals surface area contributed by atoms with Crippen LogP contribution in [0.15, 0.2) is 42.6 Å². The van der Waals surface area contributed by atoms with E-state index >= 15 is 0 Å². The average molecular weight is 704 g/mol. The molecule has 0 bridgehead atoms. The van der Waals surface area contributed by atoms with Gasteiger partial charge in [-0.2, -0.15) is 0 Å². The molecule has 1 aliphatic carbocycles. The van der Waals surface area contributed by atoms with Gasteiger partial charge in [-0.05, 0) is 61.2 Å². The molecule has 2 aromatic carbocycles. The molecule has 0 radical (unpaired) electrons. The van der Waals surface area contributed by atoms with Crippen molar-refractivity contribution in [2.24, 2.45) is 11.7 Å². The third kappa shape index (κ3) is 7.86. The van der Waals surface area contributed by atoms with Crippen LogP contribution < -0.4 is 21.1 Å². The number of amides is 3. The van der Waals surface area contributed by atoms with Crippen LogP contribution in [0.3, 0.4) is 0 Å². The molecule has 3 aliphatic rings. The molecule has 274 valence electrons. The van der Waals surface area contributed by atoms with Crippen molar-refractivity contribution >= 4 is 40.0 Å². The summed E-state index contributed by atoms with van der Waals surface area (Å²) in [5, 5.41) is 27.6. The maximum absolute atomic E-state index is 14.9. The zero-order valence-corrected chi connectivity index (χ0v) is 29.6. The molecule has 6 rings (SSSR count). The number of ketones is 1. The minimum absolute atomic E-state index is 0.0796. The van der Waals surface area contributed by atoms with Gasteiger partial charge in [0.2, 0.25) is 17.6 Å². The van der Waals surface area contributed by atoms with E-state index < -0.39 is 46.9 Å². The topological polar surface area (TPSA) is 191 Å². The number of nitrogens with one attached hydrogen (secondary N) is 2. The fourth-order valence-electron chi connectivity index (χ4n) is 7.94. The van der Waals surface area contributed by atoms with Crippen molar-refractivity contribution in [2.45, 2.75) is 101 Å². The molecular formula is C37H49N7O7. The number of methoxy groups -OCH3 is 1. The smallest absolute Gasteiger partial charge is 0.287 e. The van der Waals surface area contributed by atoms with Crippen LogP contribution in [0.1, 0.15) is 83.4 Å². The number of rotatable bonds is 12. The van der Waals surface area contributed by atoms with E-state index in [0.717, 1.165) is 47.9 Å². The number of benzene rings is 2. The number of carbonyl (C=O) groups excluding carboxylic acids is 4. The van der Waals surface area contributed by atoms with Crippen LogP contribution >= 0.6 is 0 Å². The van der Waals surface area contributed by atoms with Gasteiger partial charge in [-0.25, -0.2) is 4.68 Å². The predicted molar refractivity (Wildman–Crippen MR) is 189 cm³/mol. The summed E-state index contributed by atoms with van der Waals surface area (Å²) in [6.45, 7) is 3.68. The predicted octanol–water partition coefficient (Wildman–Crippen LogP) is 2.98. The molecule has 2 saturated heterocycles. The van der Waals surface area contributed by atoms with E-state index in [9.17, 15) is 24.3 Å². The van der Waals surface area contributed by atoms with Gasteiger partial charge in [0.15, 0.2) is 0 Å². The van der Waals surface area contributed by atoms with Crippen LogP contribution in [0.5, 0.6) is 5.75 Å². The van der Waals surface area contributed by atoms with Gasteiger partial charge in [0.1, 0.15) is 29.0 Å². The Hall–Kier alpha value is -4.56. The number of hydrogen-bond acceptors (Lipinski definition) is 10. The van der Waals surface area contributed by atoms with E-state index in [1.54, 1.807) is 30.5 Å². The minimum Gasteiger partial charge on any atom is -0.497 e. The van der Waals surface area contributed by atoms with Crippen LogP contribution in [-0.4, -0.2) is 93.0 Å². The van der Waals surface area contributed by atoms with Gasteiger partial charge in [0.25, 0.3) is 5.91 Å². The molecule has 1 unspecified atom stereocenters. The Bertz CT molecular complexity index is 1760. The van der Waals surface area contributed by atoms with Crippen LogP contribution in [0.2, 0.25) is 0 Å². The molecule has 2 aliphatic heterocycles. The fraction of sp³-hybridized carbons (Fsp3) is 0.568. The first-order chi connectivity index (χ1) is 24.4. The van der Waals surface area contributed by atoms with Crippen molar-refractivity contribution in [3.05, 3.63) is 48.3 Å². The fourth-order valence-corrected chi connectivity index (χ4v) is 7.94. The number of likely N-dealkylation sites (tertiary alicyclic amines) is 1. The van der Waals surface area contributed by atoms with Crippen LogP contribution in [0.4, 0.5) is 5.69 Å². The summed E-state index contributed by atoms with van der Waals surface area (Å²) >= 11 is 0. The first-order valence-electron chi connectivity index (χ1n) is 17.9. The summed E-state index contributed by atoms with van der Waals surface area (Å²) in [5.74, 6) is -1.78. The van der Waals surface area contributed by atoms with E-state index in [0.29, 0.717) is 18.0 Å². The molecule has 3 fully saturated rings. The third-order valence-corrected chi connectivity index (χ3v) is 10.8. The largest absolute Gasteiger partial charge is 0.497 e. The van der Waals surface area contributed by atoms with Gasteiger partial charge < -0.3 is 35.8 Å². The number of aromatic nitrogens is 3. The second-order valence-electron chi connectivity index (χ2n) is 14.8. The van der Waals surface area contributed by atoms with Gasteiger partial charge in [0.05, 0.1) is 25.0 Å². The van der Waals surface area contributed by atoms with Crippen molar-refractivity contribution in [3.63, 3.8) is 0 Å². The number of carbonyl (C=O) groups is 4. The molecule has 3 atom stereocenters. The zero-order chi connectivity index (χ0) is 36.3. The van der Waals surface area contributed by atoms with Gasteiger partial charge in [-0.15, -0.1) is 5.10 Å². The molecular weight excluding hydrogens is 654 g/mol. The normalized spacial score (nSPS) is 21.6. The minimum atomic E-state index is -1.53. The highest BCUT2D eigenvalue weighted by atomic mass is 16.5. The van der Waals surface area contributed by atoms with Gasteiger partial charge in [-0.1, -0.05) is 49.5 Å². The van der Waals surface area contributed by atoms with Gasteiger partial charge in [-0.3, -0.25) is 19.2 Å². The summed E-state index contributed by atoms with van der Waals surface area (Å²) < 4.78 is 12.4.